The van der Waals surface area contributed by atoms with Crippen LogP contribution >= 0.6 is 0 Å². The van der Waals surface area contributed by atoms with E-state index in [2.05, 4.69) is 6.58 Å². The molecule has 2 N–H and O–H groups in total. The molecular formula is C16H18NNaO6S2. The molecule has 0 atom stereocenters. The topological polar surface area (TPSA) is 112 Å². The van der Waals surface area contributed by atoms with Gasteiger partial charge in [-0.15, -0.1) is 0 Å². The number of anilines is 1. The molecule has 26 heavy (non-hydrogen) atoms. The van der Waals surface area contributed by atoms with Crippen LogP contribution < -0.4 is 4.90 Å². The second-order valence-corrected chi connectivity index (χ2v) is 9.37. The van der Waals surface area contributed by atoms with Crippen LogP contribution in [0.4, 0.5) is 5.69 Å². The summed E-state index contributed by atoms with van der Waals surface area (Å²) in [7, 11) is -7.57. The first-order valence-corrected chi connectivity index (χ1v) is 10.1. The molecule has 0 fully saturated rings. The molecule has 1 aliphatic rings. The van der Waals surface area contributed by atoms with Crippen LogP contribution in [0, 0.1) is 0 Å². The number of hydrogen-bond donors (Lipinski definition) is 2. The van der Waals surface area contributed by atoms with Crippen LogP contribution in [0.15, 0.2) is 46.3 Å². The molecule has 0 radical (unpaired) electrons. The van der Waals surface area contributed by atoms with Crippen LogP contribution in [-0.2, 0) is 25.7 Å². The van der Waals surface area contributed by atoms with E-state index in [0.29, 0.717) is 10.9 Å². The Morgan fingerprint density at radius 3 is 2.08 bits per heavy atom. The van der Waals surface area contributed by atoms with E-state index >= 15 is 0 Å². The maximum absolute atomic E-state index is 11.8. The molecule has 0 aromatic heterocycles. The van der Waals surface area contributed by atoms with Crippen molar-refractivity contribution in [2.24, 2.45) is 0 Å². The molecule has 1 aliphatic heterocycles. The summed E-state index contributed by atoms with van der Waals surface area (Å²) < 4.78 is 65.6. The van der Waals surface area contributed by atoms with Crippen molar-refractivity contribution in [1.29, 1.82) is 0 Å². The van der Waals surface area contributed by atoms with Gasteiger partial charge in [0.1, 0.15) is 4.90 Å². The number of benzene rings is 2. The van der Waals surface area contributed by atoms with Gasteiger partial charge in [0, 0.05) is 29.2 Å². The monoisotopic (exact) mass is 407 g/mol. The summed E-state index contributed by atoms with van der Waals surface area (Å²) in [5, 5.41) is 0.487. The third-order valence-corrected chi connectivity index (χ3v) is 6.46. The first-order valence-electron chi connectivity index (χ1n) is 7.25. The minimum atomic E-state index is -4.71. The molecule has 0 aliphatic carbocycles. The SMILES string of the molecule is C=C1N(C)c2ccc3c(S(=O)(=O)O)cc(S(=O)(=O)O)cc3c2C1(C)C.[NaH]. The van der Waals surface area contributed by atoms with E-state index in [1.165, 1.54) is 12.1 Å². The Labute approximate surface area is 174 Å². The summed E-state index contributed by atoms with van der Waals surface area (Å²) in [4.78, 5) is 0.663. The summed E-state index contributed by atoms with van der Waals surface area (Å²) in [5.74, 6) is 0. The molecule has 7 nitrogen and oxygen atoms in total. The van der Waals surface area contributed by atoms with Crippen molar-refractivity contribution < 1.29 is 25.9 Å². The van der Waals surface area contributed by atoms with E-state index in [0.717, 1.165) is 17.5 Å². The number of allylic oxidation sites excluding steroid dienone is 1. The number of nitrogens with zero attached hydrogens (tertiary/aromatic N) is 1. The summed E-state index contributed by atoms with van der Waals surface area (Å²) in [6.45, 7) is 7.80. The van der Waals surface area contributed by atoms with Crippen molar-refractivity contribution in [1.82, 2.24) is 0 Å². The zero-order valence-corrected chi connectivity index (χ0v) is 15.4. The second kappa shape index (κ2) is 6.30. The zero-order chi connectivity index (χ0) is 18.9. The van der Waals surface area contributed by atoms with Crippen LogP contribution in [0.5, 0.6) is 0 Å². The zero-order valence-electron chi connectivity index (χ0n) is 13.8. The Hall–Kier alpha value is -0.940. The third kappa shape index (κ3) is 3.11. The van der Waals surface area contributed by atoms with Gasteiger partial charge >= 0.3 is 29.6 Å². The molecule has 0 saturated heterocycles. The number of fused-ring (bicyclic) bond motifs is 3. The van der Waals surface area contributed by atoms with Gasteiger partial charge in [-0.1, -0.05) is 26.5 Å². The first kappa shape index (κ1) is 21.4. The summed E-state index contributed by atoms with van der Waals surface area (Å²) >= 11 is 0. The Kier molecular flexibility index (Phi) is 5.18. The summed E-state index contributed by atoms with van der Waals surface area (Å²) in [6, 6.07) is 5.15. The van der Waals surface area contributed by atoms with E-state index in [4.69, 9.17) is 0 Å². The van der Waals surface area contributed by atoms with Crippen LogP contribution in [0.3, 0.4) is 0 Å². The fourth-order valence-electron chi connectivity index (χ4n) is 3.37. The Balaban J connectivity index is 0.00000243. The Morgan fingerprint density at radius 2 is 1.58 bits per heavy atom. The van der Waals surface area contributed by atoms with Gasteiger partial charge in [0.2, 0.25) is 0 Å². The molecular weight excluding hydrogens is 389 g/mol. The van der Waals surface area contributed by atoms with Gasteiger partial charge in [0.15, 0.2) is 0 Å². The predicted molar refractivity (Wildman–Crippen MR) is 101 cm³/mol. The van der Waals surface area contributed by atoms with Crippen LogP contribution in [0.25, 0.3) is 10.8 Å². The van der Waals surface area contributed by atoms with Crippen molar-refractivity contribution in [3.05, 3.63) is 42.1 Å². The molecule has 0 bridgehead atoms. The average molecular weight is 407 g/mol. The number of rotatable bonds is 2. The molecule has 136 valence electrons. The maximum atomic E-state index is 11.8. The molecule has 2 aromatic rings. The fourth-order valence-corrected chi connectivity index (χ4v) is 4.71. The Bertz CT molecular complexity index is 1150. The second-order valence-electron chi connectivity index (χ2n) is 6.56. The molecule has 1 heterocycles. The summed E-state index contributed by atoms with van der Waals surface area (Å²) in [6.07, 6.45) is 0. The van der Waals surface area contributed by atoms with Gasteiger partial charge in [-0.3, -0.25) is 9.11 Å². The number of hydrogen-bond acceptors (Lipinski definition) is 5. The van der Waals surface area contributed by atoms with Crippen molar-refractivity contribution >= 4 is 66.3 Å². The normalized spacial score (nSPS) is 16.5. The van der Waals surface area contributed by atoms with Crippen molar-refractivity contribution in [2.75, 3.05) is 11.9 Å². The first-order chi connectivity index (χ1) is 11.3. The van der Waals surface area contributed by atoms with Crippen LogP contribution in [0.1, 0.15) is 19.4 Å². The predicted octanol–water partition coefficient (Wildman–Crippen LogP) is 1.93. The minimum absolute atomic E-state index is 0. The average Bonchev–Trinajstić information content (AvgIpc) is 2.65. The van der Waals surface area contributed by atoms with Gasteiger partial charge in [0.05, 0.1) is 4.90 Å². The van der Waals surface area contributed by atoms with Gasteiger partial charge in [-0.2, -0.15) is 16.8 Å². The Morgan fingerprint density at radius 1 is 1.00 bits per heavy atom. The molecule has 0 spiro atoms. The number of likely N-dealkylation sites (N-methyl/N-ethyl adjacent to an activating group) is 1. The van der Waals surface area contributed by atoms with E-state index in [9.17, 15) is 25.9 Å². The van der Waals surface area contributed by atoms with Crippen molar-refractivity contribution in [3.63, 3.8) is 0 Å². The van der Waals surface area contributed by atoms with E-state index < -0.39 is 35.4 Å². The molecule has 2 aromatic carbocycles. The molecule has 0 unspecified atom stereocenters. The van der Waals surface area contributed by atoms with Gasteiger partial charge in [-0.05, 0) is 29.1 Å². The van der Waals surface area contributed by atoms with Crippen LogP contribution in [0.2, 0.25) is 0 Å². The fraction of sp³-hybridized carbons (Fsp3) is 0.250. The molecule has 0 saturated carbocycles. The molecule has 10 heteroatoms. The van der Waals surface area contributed by atoms with Crippen molar-refractivity contribution in [2.45, 2.75) is 29.1 Å². The quantitative estimate of drug-likeness (QED) is 0.578. The van der Waals surface area contributed by atoms with E-state index in [-0.39, 0.29) is 34.9 Å². The van der Waals surface area contributed by atoms with Gasteiger partial charge in [-0.25, -0.2) is 0 Å². The van der Waals surface area contributed by atoms with E-state index in [1.54, 1.807) is 13.1 Å². The molecule has 3 rings (SSSR count). The molecule has 0 amide bonds. The van der Waals surface area contributed by atoms with E-state index in [1.807, 2.05) is 18.7 Å². The summed E-state index contributed by atoms with van der Waals surface area (Å²) in [5.41, 5.74) is 1.57. The standard InChI is InChI=1S/C16H17NO6S2.Na.H/c1-9-16(2,3)15-12-7-10(24(18,19)20)8-14(25(21,22)23)11(12)5-6-13(15)17(9)4;;/h5-8H,1H2,2-4H3,(H,18,19,20)(H,21,22,23);;. The van der Waals surface area contributed by atoms with Crippen molar-refractivity contribution in [3.8, 4) is 0 Å². The van der Waals surface area contributed by atoms with Crippen LogP contribution in [-0.4, -0.2) is 62.5 Å². The van der Waals surface area contributed by atoms with Gasteiger partial charge in [0.25, 0.3) is 20.2 Å². The third-order valence-electron chi connectivity index (χ3n) is 4.74. The van der Waals surface area contributed by atoms with Gasteiger partial charge < -0.3 is 4.90 Å².